The Kier molecular flexibility index (Phi) is 2.78. The van der Waals surface area contributed by atoms with Crippen LogP contribution in [0.1, 0.15) is 12.8 Å². The number of nitrogens with zero attached hydrogens (tertiary/aromatic N) is 2. The number of fused-ring (bicyclic) bond motifs is 1. The fourth-order valence-electron chi connectivity index (χ4n) is 2.82. The molecule has 1 saturated heterocycles. The van der Waals surface area contributed by atoms with Crippen molar-refractivity contribution in [2.24, 2.45) is 5.92 Å². The van der Waals surface area contributed by atoms with Gasteiger partial charge in [-0.15, -0.1) is 11.3 Å². The molecule has 1 aliphatic carbocycles. The van der Waals surface area contributed by atoms with Gasteiger partial charge in [0.15, 0.2) is 0 Å². The van der Waals surface area contributed by atoms with Crippen molar-refractivity contribution in [2.45, 2.75) is 24.9 Å². The molecule has 4 rings (SSSR count). The van der Waals surface area contributed by atoms with Crippen molar-refractivity contribution < 1.29 is 9.59 Å². The van der Waals surface area contributed by atoms with E-state index in [2.05, 4.69) is 25.9 Å². The highest BCUT2D eigenvalue weighted by atomic mass is 32.1. The lowest BCUT2D eigenvalue weighted by Crippen LogP contribution is -2.48. The van der Waals surface area contributed by atoms with E-state index in [1.165, 1.54) is 0 Å². The van der Waals surface area contributed by atoms with Gasteiger partial charge < -0.3 is 10.6 Å². The molecule has 3 heterocycles. The van der Waals surface area contributed by atoms with Gasteiger partial charge in [0.1, 0.15) is 10.9 Å². The maximum atomic E-state index is 11.6. The topological polar surface area (TPSA) is 96.0 Å². The van der Waals surface area contributed by atoms with E-state index in [4.69, 9.17) is 0 Å². The SMILES string of the molecule is O=C1NC(=O)C(C2CC(Nc3ncc4ccsc4n3)C2)N1. The molecular formula is C13H13N5O2S. The van der Waals surface area contributed by atoms with Gasteiger partial charge in [-0.1, -0.05) is 0 Å². The van der Waals surface area contributed by atoms with Gasteiger partial charge in [-0.3, -0.25) is 10.1 Å². The van der Waals surface area contributed by atoms with Crippen LogP contribution in [0, 0.1) is 5.92 Å². The highest BCUT2D eigenvalue weighted by Gasteiger charge is 2.43. The van der Waals surface area contributed by atoms with Gasteiger partial charge in [-0.25, -0.2) is 14.8 Å². The van der Waals surface area contributed by atoms with Gasteiger partial charge in [0, 0.05) is 17.6 Å². The number of aromatic nitrogens is 2. The number of carbonyl (C=O) groups excluding carboxylic acids is 2. The van der Waals surface area contributed by atoms with E-state index in [0.29, 0.717) is 5.95 Å². The molecule has 2 aromatic rings. The summed E-state index contributed by atoms with van der Waals surface area (Å²) in [6, 6.07) is 1.45. The van der Waals surface area contributed by atoms with Crippen LogP contribution in [0.25, 0.3) is 10.2 Å². The Morgan fingerprint density at radius 2 is 2.19 bits per heavy atom. The average molecular weight is 303 g/mol. The monoisotopic (exact) mass is 303 g/mol. The highest BCUT2D eigenvalue weighted by molar-refractivity contribution is 7.16. The molecule has 1 atom stereocenters. The van der Waals surface area contributed by atoms with Crippen LogP contribution in [0.5, 0.6) is 0 Å². The largest absolute Gasteiger partial charge is 0.351 e. The van der Waals surface area contributed by atoms with Crippen LogP contribution in [0.4, 0.5) is 10.7 Å². The summed E-state index contributed by atoms with van der Waals surface area (Å²) in [6.07, 6.45) is 3.45. The molecule has 2 aliphatic rings. The maximum Gasteiger partial charge on any atom is 0.322 e. The van der Waals surface area contributed by atoms with Gasteiger partial charge >= 0.3 is 6.03 Å². The minimum atomic E-state index is -0.395. The van der Waals surface area contributed by atoms with Crippen LogP contribution >= 0.6 is 11.3 Å². The zero-order chi connectivity index (χ0) is 14.4. The molecule has 3 N–H and O–H groups in total. The van der Waals surface area contributed by atoms with Crippen molar-refractivity contribution in [3.05, 3.63) is 17.6 Å². The zero-order valence-corrected chi connectivity index (χ0v) is 11.8. The number of anilines is 1. The molecule has 0 bridgehead atoms. The van der Waals surface area contributed by atoms with Crippen molar-refractivity contribution in [1.29, 1.82) is 0 Å². The molecule has 1 unspecified atom stereocenters. The summed E-state index contributed by atoms with van der Waals surface area (Å²) in [5.74, 6) is 0.576. The van der Waals surface area contributed by atoms with E-state index in [1.54, 1.807) is 11.3 Å². The summed E-state index contributed by atoms with van der Waals surface area (Å²) in [6.45, 7) is 0. The number of hydrogen-bond acceptors (Lipinski definition) is 6. The summed E-state index contributed by atoms with van der Waals surface area (Å²) in [5, 5.41) is 11.2. The number of amides is 3. The Balaban J connectivity index is 1.37. The standard InChI is InChI=1S/C13H13N5O2S/c19-10-9(16-13(20)17-10)7-3-8(4-7)15-12-14-5-6-1-2-21-11(6)18-12/h1-2,5,7-9H,3-4H2,(H,14,15,18)(H2,16,17,19,20). The van der Waals surface area contributed by atoms with Crippen LogP contribution < -0.4 is 16.0 Å². The first-order valence-electron chi connectivity index (χ1n) is 6.77. The summed E-state index contributed by atoms with van der Waals surface area (Å²) in [4.78, 5) is 32.4. The van der Waals surface area contributed by atoms with Crippen LogP contribution in [-0.4, -0.2) is 34.0 Å². The molecule has 7 nitrogen and oxygen atoms in total. The molecule has 3 amide bonds. The number of rotatable bonds is 3. The number of hydrogen-bond donors (Lipinski definition) is 3. The number of carbonyl (C=O) groups is 2. The zero-order valence-electron chi connectivity index (χ0n) is 11.0. The minimum Gasteiger partial charge on any atom is -0.351 e. The molecule has 0 spiro atoms. The molecule has 21 heavy (non-hydrogen) atoms. The van der Waals surface area contributed by atoms with E-state index in [0.717, 1.165) is 23.1 Å². The summed E-state index contributed by atoms with van der Waals surface area (Å²) >= 11 is 1.58. The molecule has 108 valence electrons. The second-order valence-corrected chi connectivity index (χ2v) is 6.28. The first-order valence-corrected chi connectivity index (χ1v) is 7.65. The summed E-state index contributed by atoms with van der Waals surface area (Å²) in [7, 11) is 0. The van der Waals surface area contributed by atoms with Gasteiger partial charge in [0.2, 0.25) is 5.95 Å². The van der Waals surface area contributed by atoms with E-state index >= 15 is 0 Å². The third-order valence-corrected chi connectivity index (χ3v) is 4.81. The predicted octanol–water partition coefficient (Wildman–Crippen LogP) is 1.09. The summed E-state index contributed by atoms with van der Waals surface area (Å²) < 4.78 is 0. The Hall–Kier alpha value is -2.22. The Labute approximate surface area is 124 Å². The van der Waals surface area contributed by atoms with Crippen LogP contribution in [0.3, 0.4) is 0 Å². The third-order valence-electron chi connectivity index (χ3n) is 3.99. The first-order chi connectivity index (χ1) is 10.2. The van der Waals surface area contributed by atoms with Gasteiger partial charge in [-0.05, 0) is 30.2 Å². The Morgan fingerprint density at radius 1 is 1.33 bits per heavy atom. The molecule has 2 fully saturated rings. The van der Waals surface area contributed by atoms with Gasteiger partial charge in [0.05, 0.1) is 0 Å². The maximum absolute atomic E-state index is 11.6. The number of nitrogens with one attached hydrogen (secondary N) is 3. The second kappa shape index (κ2) is 4.66. The van der Waals surface area contributed by atoms with E-state index < -0.39 is 12.1 Å². The molecule has 2 aromatic heterocycles. The van der Waals surface area contributed by atoms with Crippen molar-refractivity contribution >= 4 is 39.4 Å². The molecule has 1 aliphatic heterocycles. The normalized spacial score (nSPS) is 28.1. The van der Waals surface area contributed by atoms with Gasteiger partial charge in [0.25, 0.3) is 5.91 Å². The Bertz CT molecular complexity index is 724. The van der Waals surface area contributed by atoms with Crippen LogP contribution in [0.2, 0.25) is 0 Å². The van der Waals surface area contributed by atoms with Gasteiger partial charge in [-0.2, -0.15) is 0 Å². The van der Waals surface area contributed by atoms with Crippen molar-refractivity contribution in [3.63, 3.8) is 0 Å². The number of imide groups is 1. The lowest BCUT2D eigenvalue weighted by Gasteiger charge is -2.38. The predicted molar refractivity (Wildman–Crippen MR) is 78.0 cm³/mol. The smallest absolute Gasteiger partial charge is 0.322 e. The first kappa shape index (κ1) is 12.5. The quantitative estimate of drug-likeness (QED) is 0.738. The van der Waals surface area contributed by atoms with Crippen LogP contribution in [-0.2, 0) is 4.79 Å². The van der Waals surface area contributed by atoms with E-state index in [9.17, 15) is 9.59 Å². The molecule has 8 heteroatoms. The van der Waals surface area contributed by atoms with E-state index in [-0.39, 0.29) is 17.9 Å². The third kappa shape index (κ3) is 2.21. The minimum absolute atomic E-state index is 0.180. The lowest BCUT2D eigenvalue weighted by atomic mass is 9.75. The fraction of sp³-hybridized carbons (Fsp3) is 0.385. The highest BCUT2D eigenvalue weighted by Crippen LogP contribution is 2.33. The molecular weight excluding hydrogens is 290 g/mol. The van der Waals surface area contributed by atoms with E-state index in [1.807, 2.05) is 17.6 Å². The number of thiophene rings is 1. The Morgan fingerprint density at radius 3 is 2.95 bits per heavy atom. The molecule has 0 radical (unpaired) electrons. The van der Waals surface area contributed by atoms with Crippen molar-refractivity contribution in [3.8, 4) is 0 Å². The molecule has 0 aromatic carbocycles. The number of urea groups is 1. The van der Waals surface area contributed by atoms with Crippen molar-refractivity contribution in [1.82, 2.24) is 20.6 Å². The average Bonchev–Trinajstić information content (AvgIpc) is 2.99. The lowest BCUT2D eigenvalue weighted by molar-refractivity contribution is -0.122. The van der Waals surface area contributed by atoms with Crippen molar-refractivity contribution in [2.75, 3.05) is 5.32 Å². The van der Waals surface area contributed by atoms with Crippen LogP contribution in [0.15, 0.2) is 17.6 Å². The fourth-order valence-corrected chi connectivity index (χ4v) is 3.56. The molecule has 1 saturated carbocycles. The second-order valence-electron chi connectivity index (χ2n) is 5.39. The summed E-state index contributed by atoms with van der Waals surface area (Å²) in [5.41, 5.74) is 0.